The maximum atomic E-state index is 7.87. The highest BCUT2D eigenvalue weighted by molar-refractivity contribution is 5.75. The Labute approximate surface area is 128 Å². The van der Waals surface area contributed by atoms with Gasteiger partial charge >= 0.3 is 0 Å². The molecule has 0 radical (unpaired) electrons. The Kier molecular flexibility index (Phi) is 4.67. The molecular weight excluding hydrogens is 278 g/mol. The fourth-order valence-electron chi connectivity index (χ4n) is 1.95. The van der Waals surface area contributed by atoms with E-state index in [1.54, 1.807) is 10.8 Å². The summed E-state index contributed by atoms with van der Waals surface area (Å²) >= 11 is 0. The van der Waals surface area contributed by atoms with Crippen LogP contribution in [-0.4, -0.2) is 21.7 Å². The summed E-state index contributed by atoms with van der Waals surface area (Å²) in [6, 6.07) is 9.88. The SMILES string of the molecule is Cc1cc(-c2cccc(CC=NNC(=N)N)c2)nc(=N)n1C. The molecule has 0 bridgehead atoms. The quantitative estimate of drug-likeness (QED) is 0.381. The Balaban J connectivity index is 2.23. The van der Waals surface area contributed by atoms with Crippen LogP contribution in [0.15, 0.2) is 35.4 Å². The zero-order chi connectivity index (χ0) is 16.1. The minimum absolute atomic E-state index is 0.190. The molecule has 7 heteroatoms. The van der Waals surface area contributed by atoms with E-state index in [4.69, 9.17) is 16.6 Å². The summed E-state index contributed by atoms with van der Waals surface area (Å²) in [7, 11) is 1.82. The molecule has 0 saturated carbocycles. The number of nitrogens with two attached hydrogens (primary N) is 1. The normalized spacial score (nSPS) is 10.8. The standard InChI is InChI=1S/C15H19N7/c1-10-8-13(20-15(18)22(10)2)12-5-3-4-11(9-12)6-7-19-21-14(16)17/h3-5,7-9,18H,6H2,1-2H3,(H4,16,17,21). The molecule has 0 atom stereocenters. The molecule has 1 heterocycles. The van der Waals surface area contributed by atoms with Crippen LogP contribution in [0.5, 0.6) is 0 Å². The van der Waals surface area contributed by atoms with Crippen molar-refractivity contribution in [2.24, 2.45) is 17.9 Å². The molecule has 5 N–H and O–H groups in total. The van der Waals surface area contributed by atoms with E-state index in [1.807, 2.05) is 44.3 Å². The molecule has 1 aromatic heterocycles. The third-order valence-electron chi connectivity index (χ3n) is 3.24. The van der Waals surface area contributed by atoms with Crippen molar-refractivity contribution in [1.29, 1.82) is 10.8 Å². The lowest BCUT2D eigenvalue weighted by Crippen LogP contribution is -2.25. The lowest BCUT2D eigenvalue weighted by Gasteiger charge is -2.08. The lowest BCUT2D eigenvalue weighted by molar-refractivity contribution is 0.736. The van der Waals surface area contributed by atoms with Crippen LogP contribution in [0.2, 0.25) is 0 Å². The average molecular weight is 297 g/mol. The second kappa shape index (κ2) is 6.66. The van der Waals surface area contributed by atoms with Gasteiger partial charge in [0.25, 0.3) is 0 Å². The first kappa shape index (κ1) is 15.4. The number of rotatable bonds is 4. The molecule has 22 heavy (non-hydrogen) atoms. The first-order chi connectivity index (χ1) is 10.5. The van der Waals surface area contributed by atoms with E-state index in [9.17, 15) is 0 Å². The smallest absolute Gasteiger partial charge is 0.222 e. The molecule has 0 spiro atoms. The van der Waals surface area contributed by atoms with Gasteiger partial charge in [-0.05, 0) is 24.6 Å². The number of aromatic nitrogens is 2. The molecule has 2 aromatic rings. The molecule has 114 valence electrons. The van der Waals surface area contributed by atoms with Gasteiger partial charge in [0.15, 0.2) is 0 Å². The van der Waals surface area contributed by atoms with E-state index in [2.05, 4.69) is 15.5 Å². The predicted octanol–water partition coefficient (Wildman–Crippen LogP) is 0.886. The van der Waals surface area contributed by atoms with Crippen molar-refractivity contribution in [3.8, 4) is 11.3 Å². The van der Waals surface area contributed by atoms with Gasteiger partial charge in [0.05, 0.1) is 5.69 Å². The molecule has 0 unspecified atom stereocenters. The summed E-state index contributed by atoms with van der Waals surface area (Å²) in [5, 5.41) is 18.7. The second-order valence-electron chi connectivity index (χ2n) is 4.91. The number of aryl methyl sites for hydroxylation is 1. The molecule has 0 aliphatic rings. The van der Waals surface area contributed by atoms with Crippen LogP contribution in [0.25, 0.3) is 11.3 Å². The van der Waals surface area contributed by atoms with Gasteiger partial charge in [-0.2, -0.15) is 5.10 Å². The average Bonchev–Trinajstić information content (AvgIpc) is 2.49. The molecule has 0 amide bonds. The zero-order valence-electron chi connectivity index (χ0n) is 12.6. The van der Waals surface area contributed by atoms with Gasteiger partial charge in [0.2, 0.25) is 11.6 Å². The van der Waals surface area contributed by atoms with Crippen LogP contribution in [0, 0.1) is 17.7 Å². The van der Waals surface area contributed by atoms with E-state index >= 15 is 0 Å². The highest BCUT2D eigenvalue weighted by atomic mass is 15.3. The fourth-order valence-corrected chi connectivity index (χ4v) is 1.95. The number of nitrogens with zero attached hydrogens (tertiary/aromatic N) is 3. The van der Waals surface area contributed by atoms with Crippen molar-refractivity contribution in [2.75, 3.05) is 0 Å². The van der Waals surface area contributed by atoms with Gasteiger partial charge in [0.1, 0.15) is 0 Å². The summed E-state index contributed by atoms with van der Waals surface area (Å²) in [6.07, 6.45) is 2.27. The summed E-state index contributed by atoms with van der Waals surface area (Å²) in [6.45, 7) is 1.95. The van der Waals surface area contributed by atoms with Crippen molar-refractivity contribution in [3.63, 3.8) is 0 Å². The zero-order valence-corrected chi connectivity index (χ0v) is 12.6. The third kappa shape index (κ3) is 3.78. The predicted molar refractivity (Wildman–Crippen MR) is 86.5 cm³/mol. The minimum Gasteiger partial charge on any atom is -0.369 e. The van der Waals surface area contributed by atoms with Crippen molar-refractivity contribution in [2.45, 2.75) is 13.3 Å². The summed E-state index contributed by atoms with van der Waals surface area (Å²) in [5.74, 6) is -0.190. The second-order valence-corrected chi connectivity index (χ2v) is 4.91. The van der Waals surface area contributed by atoms with Gasteiger partial charge in [-0.25, -0.2) is 10.4 Å². The maximum absolute atomic E-state index is 7.87. The molecule has 2 rings (SSSR count). The van der Waals surface area contributed by atoms with Crippen LogP contribution in [0.3, 0.4) is 0 Å². The molecule has 1 aromatic carbocycles. The Morgan fingerprint density at radius 2 is 2.23 bits per heavy atom. The Bertz CT molecular complexity index is 774. The number of nitrogens with one attached hydrogen (secondary N) is 3. The van der Waals surface area contributed by atoms with Gasteiger partial charge in [-0.15, -0.1) is 0 Å². The molecule has 7 nitrogen and oxygen atoms in total. The van der Waals surface area contributed by atoms with E-state index in [0.29, 0.717) is 6.42 Å². The van der Waals surface area contributed by atoms with E-state index in [1.165, 1.54) is 0 Å². The van der Waals surface area contributed by atoms with E-state index in [-0.39, 0.29) is 11.6 Å². The Morgan fingerprint density at radius 1 is 1.45 bits per heavy atom. The highest BCUT2D eigenvalue weighted by Gasteiger charge is 2.03. The molecule has 0 aliphatic heterocycles. The monoisotopic (exact) mass is 297 g/mol. The van der Waals surface area contributed by atoms with Crippen molar-refractivity contribution >= 4 is 12.2 Å². The molecule has 0 saturated heterocycles. The first-order valence-corrected chi connectivity index (χ1v) is 6.77. The lowest BCUT2D eigenvalue weighted by atomic mass is 10.1. The summed E-state index contributed by atoms with van der Waals surface area (Å²) < 4.78 is 1.73. The number of hydrazone groups is 1. The van der Waals surface area contributed by atoms with Gasteiger partial charge in [-0.1, -0.05) is 18.2 Å². The molecular formula is C15H19N7. The molecule has 0 fully saturated rings. The van der Waals surface area contributed by atoms with Crippen LogP contribution in [-0.2, 0) is 13.5 Å². The highest BCUT2D eigenvalue weighted by Crippen LogP contribution is 2.18. The molecule has 0 aliphatic carbocycles. The number of hydrogen-bond acceptors (Lipinski definition) is 4. The van der Waals surface area contributed by atoms with Crippen LogP contribution in [0.4, 0.5) is 0 Å². The van der Waals surface area contributed by atoms with E-state index in [0.717, 1.165) is 22.5 Å². The summed E-state index contributed by atoms with van der Waals surface area (Å²) in [4.78, 5) is 4.30. The van der Waals surface area contributed by atoms with Gasteiger partial charge in [0, 0.05) is 30.9 Å². The van der Waals surface area contributed by atoms with Crippen molar-refractivity contribution in [1.82, 2.24) is 15.0 Å². The maximum Gasteiger partial charge on any atom is 0.222 e. The number of hydrogen-bond donors (Lipinski definition) is 4. The number of benzene rings is 1. The largest absolute Gasteiger partial charge is 0.369 e. The van der Waals surface area contributed by atoms with Gasteiger partial charge in [-0.3, -0.25) is 10.8 Å². The van der Waals surface area contributed by atoms with Crippen LogP contribution in [0.1, 0.15) is 11.3 Å². The topological polar surface area (TPSA) is 116 Å². The minimum atomic E-state index is -0.190. The number of guanidine groups is 1. The summed E-state index contributed by atoms with van der Waals surface area (Å²) in [5.41, 5.74) is 11.5. The van der Waals surface area contributed by atoms with Crippen molar-refractivity contribution < 1.29 is 0 Å². The van der Waals surface area contributed by atoms with E-state index < -0.39 is 0 Å². The third-order valence-corrected chi connectivity index (χ3v) is 3.24. The van der Waals surface area contributed by atoms with Crippen molar-refractivity contribution in [3.05, 3.63) is 47.2 Å². The van der Waals surface area contributed by atoms with Crippen LogP contribution < -0.4 is 16.8 Å². The van der Waals surface area contributed by atoms with Crippen LogP contribution >= 0.6 is 0 Å². The Hall–Kier alpha value is -2.96. The van der Waals surface area contributed by atoms with Gasteiger partial charge < -0.3 is 10.3 Å². The fraction of sp³-hybridized carbons (Fsp3) is 0.200. The first-order valence-electron chi connectivity index (χ1n) is 6.77. The Morgan fingerprint density at radius 3 is 2.91 bits per heavy atom.